The summed E-state index contributed by atoms with van der Waals surface area (Å²) in [4.78, 5) is 10.2. The van der Waals surface area contributed by atoms with Crippen molar-refractivity contribution < 1.29 is 0 Å². The van der Waals surface area contributed by atoms with E-state index in [4.69, 9.17) is 11.0 Å². The van der Waals surface area contributed by atoms with E-state index in [1.165, 1.54) is 0 Å². The second-order valence-electron chi connectivity index (χ2n) is 3.21. The molecular weight excluding hydrogens is 190 g/mol. The summed E-state index contributed by atoms with van der Waals surface area (Å²) in [7, 11) is 0. The highest BCUT2D eigenvalue weighted by atomic mass is 15.2. The van der Waals surface area contributed by atoms with Gasteiger partial charge >= 0.3 is 0 Å². The van der Waals surface area contributed by atoms with Gasteiger partial charge in [-0.3, -0.25) is 0 Å². The number of hydrogen-bond acceptors (Lipinski definition) is 5. The molecule has 0 saturated carbocycles. The van der Waals surface area contributed by atoms with Gasteiger partial charge in [-0.25, -0.2) is 4.98 Å². The van der Waals surface area contributed by atoms with E-state index in [2.05, 4.69) is 16.0 Å². The highest BCUT2D eigenvalue weighted by molar-refractivity contribution is 5.43. The number of nitrogens with zero attached hydrogens (tertiary/aromatic N) is 4. The Morgan fingerprint density at radius 1 is 1.53 bits per heavy atom. The van der Waals surface area contributed by atoms with Crippen LogP contribution in [0.2, 0.25) is 0 Å². The zero-order valence-corrected chi connectivity index (χ0v) is 9.06. The van der Waals surface area contributed by atoms with Crippen LogP contribution in [0.3, 0.4) is 0 Å². The van der Waals surface area contributed by atoms with Gasteiger partial charge in [0, 0.05) is 24.8 Å². The molecule has 1 heterocycles. The number of rotatable bonds is 4. The molecule has 1 rings (SSSR count). The lowest BCUT2D eigenvalue weighted by Gasteiger charge is -2.20. The Morgan fingerprint density at radius 3 is 2.80 bits per heavy atom. The molecule has 0 aliphatic rings. The van der Waals surface area contributed by atoms with Crippen molar-refractivity contribution in [1.82, 2.24) is 9.97 Å². The van der Waals surface area contributed by atoms with E-state index in [-0.39, 0.29) is 5.95 Å². The van der Waals surface area contributed by atoms with Crippen LogP contribution >= 0.6 is 0 Å². The van der Waals surface area contributed by atoms with Crippen molar-refractivity contribution in [2.24, 2.45) is 0 Å². The van der Waals surface area contributed by atoms with Crippen LogP contribution in [0.5, 0.6) is 0 Å². The van der Waals surface area contributed by atoms with Crippen molar-refractivity contribution in [3.05, 3.63) is 11.8 Å². The molecule has 0 atom stereocenters. The van der Waals surface area contributed by atoms with Gasteiger partial charge in [-0.05, 0) is 13.8 Å². The Morgan fingerprint density at radius 2 is 2.27 bits per heavy atom. The molecule has 80 valence electrons. The van der Waals surface area contributed by atoms with Crippen LogP contribution in [0.4, 0.5) is 11.8 Å². The zero-order valence-electron chi connectivity index (χ0n) is 9.06. The van der Waals surface area contributed by atoms with E-state index in [0.717, 1.165) is 18.1 Å². The van der Waals surface area contributed by atoms with Crippen LogP contribution in [-0.2, 0) is 0 Å². The first-order chi connectivity index (χ1) is 7.17. The van der Waals surface area contributed by atoms with Crippen molar-refractivity contribution in [3.63, 3.8) is 0 Å². The van der Waals surface area contributed by atoms with Crippen LogP contribution in [-0.4, -0.2) is 23.1 Å². The molecule has 1 aromatic rings. The molecule has 5 heteroatoms. The molecule has 0 aliphatic carbocycles. The minimum absolute atomic E-state index is 0.278. The molecule has 0 unspecified atom stereocenters. The van der Waals surface area contributed by atoms with Gasteiger partial charge in [-0.15, -0.1) is 0 Å². The Bertz CT molecular complexity index is 348. The third kappa shape index (κ3) is 3.09. The number of hydrogen-bond donors (Lipinski definition) is 1. The van der Waals surface area contributed by atoms with E-state index in [0.29, 0.717) is 13.0 Å². The topological polar surface area (TPSA) is 78.8 Å². The number of nitrogen functional groups attached to an aromatic ring is 1. The SMILES string of the molecule is CCN(CCC#N)c1cc(C)nc(N)n1. The summed E-state index contributed by atoms with van der Waals surface area (Å²) in [5, 5.41) is 8.53. The summed E-state index contributed by atoms with van der Waals surface area (Å²) in [6.07, 6.45) is 0.483. The van der Waals surface area contributed by atoms with Gasteiger partial charge in [0.2, 0.25) is 5.95 Å². The van der Waals surface area contributed by atoms with Crippen LogP contribution in [0.25, 0.3) is 0 Å². The fraction of sp³-hybridized carbons (Fsp3) is 0.500. The molecular formula is C10H15N5. The van der Waals surface area contributed by atoms with E-state index < -0.39 is 0 Å². The third-order valence-corrected chi connectivity index (χ3v) is 2.06. The lowest BCUT2D eigenvalue weighted by molar-refractivity contribution is 0.807. The van der Waals surface area contributed by atoms with Gasteiger partial charge in [0.25, 0.3) is 0 Å². The van der Waals surface area contributed by atoms with Crippen molar-refractivity contribution in [1.29, 1.82) is 5.26 Å². The molecule has 0 fully saturated rings. The molecule has 2 N–H and O–H groups in total. The number of anilines is 2. The van der Waals surface area contributed by atoms with Crippen molar-refractivity contribution in [2.75, 3.05) is 23.7 Å². The Labute approximate surface area is 89.6 Å². The van der Waals surface area contributed by atoms with Crippen LogP contribution in [0, 0.1) is 18.3 Å². The minimum atomic E-state index is 0.278. The normalized spacial score (nSPS) is 9.67. The van der Waals surface area contributed by atoms with Crippen molar-refractivity contribution in [2.45, 2.75) is 20.3 Å². The second-order valence-corrected chi connectivity index (χ2v) is 3.21. The quantitative estimate of drug-likeness (QED) is 0.796. The van der Waals surface area contributed by atoms with Gasteiger partial charge < -0.3 is 10.6 Å². The molecule has 0 amide bonds. The highest BCUT2D eigenvalue weighted by Crippen LogP contribution is 2.13. The number of aromatic nitrogens is 2. The number of aryl methyl sites for hydroxylation is 1. The minimum Gasteiger partial charge on any atom is -0.368 e. The van der Waals surface area contributed by atoms with E-state index >= 15 is 0 Å². The summed E-state index contributed by atoms with van der Waals surface area (Å²) < 4.78 is 0. The predicted molar refractivity (Wildman–Crippen MR) is 59.3 cm³/mol. The summed E-state index contributed by atoms with van der Waals surface area (Å²) >= 11 is 0. The average molecular weight is 205 g/mol. The van der Waals surface area contributed by atoms with Crippen LogP contribution < -0.4 is 10.6 Å². The summed E-state index contributed by atoms with van der Waals surface area (Å²) in [6, 6.07) is 3.99. The Kier molecular flexibility index (Phi) is 3.86. The summed E-state index contributed by atoms with van der Waals surface area (Å²) in [5.41, 5.74) is 6.41. The molecule has 0 spiro atoms. The molecule has 0 bridgehead atoms. The van der Waals surface area contributed by atoms with E-state index in [9.17, 15) is 0 Å². The molecule has 0 aliphatic heterocycles. The van der Waals surface area contributed by atoms with Crippen LogP contribution in [0.1, 0.15) is 19.0 Å². The molecule has 1 aromatic heterocycles. The average Bonchev–Trinajstić information content (AvgIpc) is 2.17. The summed E-state index contributed by atoms with van der Waals surface area (Å²) in [5.74, 6) is 1.07. The number of nitriles is 1. The summed E-state index contributed by atoms with van der Waals surface area (Å²) in [6.45, 7) is 5.37. The lowest BCUT2D eigenvalue weighted by atomic mass is 10.3. The molecule has 5 nitrogen and oxygen atoms in total. The smallest absolute Gasteiger partial charge is 0.222 e. The largest absolute Gasteiger partial charge is 0.368 e. The first-order valence-corrected chi connectivity index (χ1v) is 4.90. The van der Waals surface area contributed by atoms with Gasteiger partial charge in [-0.1, -0.05) is 0 Å². The first-order valence-electron chi connectivity index (χ1n) is 4.90. The number of nitrogens with two attached hydrogens (primary N) is 1. The Hall–Kier alpha value is -1.83. The zero-order chi connectivity index (χ0) is 11.3. The van der Waals surface area contributed by atoms with Crippen LogP contribution in [0.15, 0.2) is 6.07 Å². The van der Waals surface area contributed by atoms with Gasteiger partial charge in [0.1, 0.15) is 5.82 Å². The second kappa shape index (κ2) is 5.15. The third-order valence-electron chi connectivity index (χ3n) is 2.06. The standard InChI is InChI=1S/C10H15N5/c1-3-15(6-4-5-11)9-7-8(2)13-10(12)14-9/h7H,3-4,6H2,1-2H3,(H2,12,13,14). The molecule has 0 aromatic carbocycles. The highest BCUT2D eigenvalue weighted by Gasteiger charge is 2.07. The van der Waals surface area contributed by atoms with Gasteiger partial charge in [-0.2, -0.15) is 10.2 Å². The maximum atomic E-state index is 8.53. The maximum Gasteiger partial charge on any atom is 0.222 e. The van der Waals surface area contributed by atoms with E-state index in [1.54, 1.807) is 0 Å². The van der Waals surface area contributed by atoms with E-state index in [1.807, 2.05) is 24.8 Å². The predicted octanol–water partition coefficient (Wildman–Crippen LogP) is 1.11. The fourth-order valence-electron chi connectivity index (χ4n) is 1.36. The van der Waals surface area contributed by atoms with Gasteiger partial charge in [0.15, 0.2) is 0 Å². The molecule has 0 radical (unpaired) electrons. The lowest BCUT2D eigenvalue weighted by Crippen LogP contribution is -2.25. The maximum absolute atomic E-state index is 8.53. The Balaban J connectivity index is 2.87. The van der Waals surface area contributed by atoms with Gasteiger partial charge in [0.05, 0.1) is 12.5 Å². The van der Waals surface area contributed by atoms with Crippen molar-refractivity contribution >= 4 is 11.8 Å². The monoisotopic (exact) mass is 205 g/mol. The molecule has 15 heavy (non-hydrogen) atoms. The fourth-order valence-corrected chi connectivity index (χ4v) is 1.36. The molecule has 0 saturated heterocycles. The first kappa shape index (κ1) is 11.2. The van der Waals surface area contributed by atoms with Crippen molar-refractivity contribution in [3.8, 4) is 6.07 Å².